The van der Waals surface area contributed by atoms with Gasteiger partial charge in [0, 0.05) is 6.54 Å². The zero-order valence-electron chi connectivity index (χ0n) is 12.9. The highest BCUT2D eigenvalue weighted by molar-refractivity contribution is 5.83. The lowest BCUT2D eigenvalue weighted by molar-refractivity contribution is -0.161. The van der Waals surface area contributed by atoms with Crippen LogP contribution in [0.25, 0.3) is 0 Å². The van der Waals surface area contributed by atoms with Gasteiger partial charge in [-0.3, -0.25) is 14.5 Å². The van der Waals surface area contributed by atoms with E-state index in [1.165, 1.54) is 0 Å². The Balaban J connectivity index is 2.66. The summed E-state index contributed by atoms with van der Waals surface area (Å²) >= 11 is 0. The molecule has 1 amide bonds. The van der Waals surface area contributed by atoms with E-state index in [-0.39, 0.29) is 24.0 Å². The molecule has 0 aromatic heterocycles. The highest BCUT2D eigenvalue weighted by Gasteiger charge is 2.38. The molecule has 0 aliphatic carbocycles. The van der Waals surface area contributed by atoms with Crippen molar-refractivity contribution in [3.63, 3.8) is 0 Å². The second-order valence-corrected chi connectivity index (χ2v) is 6.14. The minimum Gasteiger partial charge on any atom is -0.459 e. The third-order valence-electron chi connectivity index (χ3n) is 3.27. The van der Waals surface area contributed by atoms with Crippen LogP contribution < -0.4 is 5.32 Å². The van der Waals surface area contributed by atoms with E-state index in [4.69, 9.17) is 4.74 Å². The van der Waals surface area contributed by atoms with Crippen molar-refractivity contribution < 1.29 is 14.3 Å². The molecule has 0 bridgehead atoms. The van der Waals surface area contributed by atoms with Crippen LogP contribution in [0.5, 0.6) is 0 Å². The van der Waals surface area contributed by atoms with Crippen molar-refractivity contribution in [2.75, 3.05) is 13.1 Å². The maximum absolute atomic E-state index is 12.2. The number of carbonyl (C=O) groups excluding carboxylic acids is 2. The molecule has 1 aliphatic rings. The van der Waals surface area contributed by atoms with Crippen LogP contribution in [0.2, 0.25) is 0 Å². The van der Waals surface area contributed by atoms with E-state index >= 15 is 0 Å². The van der Waals surface area contributed by atoms with Crippen LogP contribution >= 0.6 is 0 Å². The Morgan fingerprint density at radius 2 is 2.15 bits per heavy atom. The molecule has 1 heterocycles. The van der Waals surface area contributed by atoms with Gasteiger partial charge < -0.3 is 10.1 Å². The van der Waals surface area contributed by atoms with Gasteiger partial charge in [-0.05, 0) is 47.1 Å². The Labute approximate surface area is 121 Å². The number of nitrogens with one attached hydrogen (secondary N) is 1. The van der Waals surface area contributed by atoms with Crippen LogP contribution in [-0.2, 0) is 14.3 Å². The lowest BCUT2D eigenvalue weighted by Gasteiger charge is -2.30. The Morgan fingerprint density at radius 3 is 2.70 bits per heavy atom. The smallest absolute Gasteiger partial charge is 0.323 e. The Kier molecular flexibility index (Phi) is 5.74. The fourth-order valence-corrected chi connectivity index (χ4v) is 2.35. The molecule has 0 aromatic carbocycles. The summed E-state index contributed by atoms with van der Waals surface area (Å²) in [5.41, 5.74) is -0.500. The predicted molar refractivity (Wildman–Crippen MR) is 78.2 cm³/mol. The van der Waals surface area contributed by atoms with Crippen molar-refractivity contribution in [2.24, 2.45) is 0 Å². The van der Waals surface area contributed by atoms with Crippen LogP contribution in [0.15, 0.2) is 12.7 Å². The molecule has 1 N–H and O–H groups in total. The summed E-state index contributed by atoms with van der Waals surface area (Å²) in [6, 6.07) is -0.659. The number of hydrogen-bond donors (Lipinski definition) is 1. The van der Waals surface area contributed by atoms with Crippen molar-refractivity contribution in [1.82, 2.24) is 10.2 Å². The van der Waals surface area contributed by atoms with Crippen LogP contribution in [0.3, 0.4) is 0 Å². The van der Waals surface area contributed by atoms with Crippen molar-refractivity contribution in [3.8, 4) is 0 Å². The van der Waals surface area contributed by atoms with Gasteiger partial charge in [-0.15, -0.1) is 6.58 Å². The second kappa shape index (κ2) is 6.88. The van der Waals surface area contributed by atoms with Crippen molar-refractivity contribution >= 4 is 11.9 Å². The van der Waals surface area contributed by atoms with Gasteiger partial charge in [-0.25, -0.2) is 0 Å². The highest BCUT2D eigenvalue weighted by Crippen LogP contribution is 2.23. The molecule has 20 heavy (non-hydrogen) atoms. The van der Waals surface area contributed by atoms with Crippen LogP contribution in [0.4, 0.5) is 0 Å². The Bertz CT molecular complexity index is 374. The van der Waals surface area contributed by atoms with Gasteiger partial charge in [-0.2, -0.15) is 0 Å². The molecule has 0 spiro atoms. The van der Waals surface area contributed by atoms with Crippen molar-refractivity contribution in [1.29, 1.82) is 0 Å². The first-order valence-corrected chi connectivity index (χ1v) is 7.13. The first-order valence-electron chi connectivity index (χ1n) is 7.13. The summed E-state index contributed by atoms with van der Waals surface area (Å²) in [5.74, 6) is -0.321. The number of esters is 1. The molecule has 1 aliphatic heterocycles. The summed E-state index contributed by atoms with van der Waals surface area (Å²) in [6.07, 6.45) is 3.29. The average molecular weight is 282 g/mol. The van der Waals surface area contributed by atoms with Crippen LogP contribution in [0.1, 0.15) is 40.5 Å². The molecular weight excluding hydrogens is 256 g/mol. The lowest BCUT2D eigenvalue weighted by Crippen LogP contribution is -2.50. The maximum atomic E-state index is 12.2. The summed E-state index contributed by atoms with van der Waals surface area (Å²) < 4.78 is 5.43. The number of amides is 1. The number of hydrogen-bond acceptors (Lipinski definition) is 4. The monoisotopic (exact) mass is 282 g/mol. The minimum absolute atomic E-state index is 0.0830. The van der Waals surface area contributed by atoms with Crippen molar-refractivity contribution in [2.45, 2.75) is 58.2 Å². The Hall–Kier alpha value is -1.36. The van der Waals surface area contributed by atoms with E-state index in [9.17, 15) is 9.59 Å². The summed E-state index contributed by atoms with van der Waals surface area (Å²) in [7, 11) is 0. The van der Waals surface area contributed by atoms with Crippen molar-refractivity contribution in [3.05, 3.63) is 12.7 Å². The molecule has 1 fully saturated rings. The molecule has 5 nitrogen and oxygen atoms in total. The van der Waals surface area contributed by atoms with Crippen LogP contribution in [0, 0.1) is 0 Å². The van der Waals surface area contributed by atoms with E-state index in [1.807, 2.05) is 32.6 Å². The quantitative estimate of drug-likeness (QED) is 0.613. The van der Waals surface area contributed by atoms with Crippen LogP contribution in [-0.4, -0.2) is 47.6 Å². The number of rotatable bonds is 5. The molecule has 0 saturated carbocycles. The highest BCUT2D eigenvalue weighted by atomic mass is 16.6. The largest absolute Gasteiger partial charge is 0.459 e. The summed E-state index contributed by atoms with van der Waals surface area (Å²) in [6.45, 7) is 12.1. The average Bonchev–Trinajstić information content (AvgIpc) is 2.82. The molecule has 0 aromatic rings. The fraction of sp³-hybridized carbons (Fsp3) is 0.733. The lowest BCUT2D eigenvalue weighted by atomic mass is 10.1. The minimum atomic E-state index is -0.500. The van der Waals surface area contributed by atoms with Gasteiger partial charge >= 0.3 is 5.97 Å². The third kappa shape index (κ3) is 4.63. The second-order valence-electron chi connectivity index (χ2n) is 6.14. The number of ether oxygens (including phenoxy) is 1. The van der Waals surface area contributed by atoms with E-state index in [1.54, 1.807) is 6.08 Å². The zero-order chi connectivity index (χ0) is 15.3. The molecule has 1 saturated heterocycles. The molecular formula is C15H26N2O3. The van der Waals surface area contributed by atoms with Gasteiger partial charge in [0.25, 0.3) is 0 Å². The molecule has 1 unspecified atom stereocenters. The fourth-order valence-electron chi connectivity index (χ4n) is 2.35. The number of carbonyl (C=O) groups is 2. The first kappa shape index (κ1) is 16.7. The molecule has 114 valence electrons. The molecule has 2 atom stereocenters. The van der Waals surface area contributed by atoms with Gasteiger partial charge in [-0.1, -0.05) is 6.08 Å². The number of nitrogens with zero attached hydrogens (tertiary/aromatic N) is 1. The van der Waals surface area contributed by atoms with Gasteiger partial charge in [0.1, 0.15) is 11.6 Å². The number of likely N-dealkylation sites (tertiary alicyclic amines) is 1. The molecule has 1 rings (SSSR count). The third-order valence-corrected chi connectivity index (χ3v) is 3.27. The predicted octanol–water partition coefficient (Wildman–Crippen LogP) is 1.48. The van der Waals surface area contributed by atoms with E-state index in [0.717, 1.165) is 19.4 Å². The Morgan fingerprint density at radius 1 is 1.50 bits per heavy atom. The SMILES string of the molecule is C=CCNC(=O)C(C)N1CCC[C@H]1C(=O)OC(C)(C)C. The zero-order valence-corrected chi connectivity index (χ0v) is 12.9. The standard InChI is InChI=1S/C15H26N2O3/c1-6-9-16-13(18)11(2)17-10-7-8-12(17)14(19)20-15(3,4)5/h6,11-12H,1,7-10H2,2-5H3,(H,16,18)/t11?,12-/m0/s1. The molecule has 0 radical (unpaired) electrons. The summed E-state index contributed by atoms with van der Waals surface area (Å²) in [4.78, 5) is 26.1. The van der Waals surface area contributed by atoms with Gasteiger partial charge in [0.2, 0.25) is 5.91 Å². The molecule has 5 heteroatoms. The van der Waals surface area contributed by atoms with Gasteiger partial charge in [0.15, 0.2) is 0 Å². The van der Waals surface area contributed by atoms with Gasteiger partial charge in [0.05, 0.1) is 6.04 Å². The summed E-state index contributed by atoms with van der Waals surface area (Å²) in [5, 5.41) is 2.77. The van der Waals surface area contributed by atoms with E-state index in [0.29, 0.717) is 6.54 Å². The maximum Gasteiger partial charge on any atom is 0.323 e. The van der Waals surface area contributed by atoms with E-state index in [2.05, 4.69) is 11.9 Å². The first-order chi connectivity index (χ1) is 9.26. The topological polar surface area (TPSA) is 58.6 Å². The van der Waals surface area contributed by atoms with E-state index < -0.39 is 5.60 Å². The normalized spacial score (nSPS) is 21.3.